The molecule has 0 aromatic heterocycles. The monoisotopic (exact) mass is 755 g/mol. The van der Waals surface area contributed by atoms with Gasteiger partial charge in [0.25, 0.3) is 0 Å². The maximum absolute atomic E-state index is 12.2. The van der Waals surface area contributed by atoms with Crippen molar-refractivity contribution in [1.29, 1.82) is 0 Å². The van der Waals surface area contributed by atoms with E-state index in [2.05, 4.69) is 45.0 Å². The number of aryl methyl sites for hydroxylation is 1. The van der Waals surface area contributed by atoms with E-state index in [0.29, 0.717) is 18.6 Å². The molecule has 0 heterocycles. The zero-order valence-corrected chi connectivity index (χ0v) is 24.0. The molecule has 0 fully saturated rings. The topological polar surface area (TPSA) is 55.8 Å². The fraction of sp³-hybridized carbons (Fsp3) is 0.208. The van der Waals surface area contributed by atoms with Crippen molar-refractivity contribution >= 4 is 51.3 Å². The summed E-state index contributed by atoms with van der Waals surface area (Å²) in [6.45, 7) is 8.68. The van der Waals surface area contributed by atoms with Crippen LogP contribution in [-0.2, 0) is 5.41 Å². The second kappa shape index (κ2) is 10.2. The third-order valence-electron chi connectivity index (χ3n) is 4.45. The van der Waals surface area contributed by atoms with Crippen molar-refractivity contribution in [1.82, 2.24) is 0 Å². The standard InChI is InChI=1S/C24H21I3O4/c1-14-11-17(30-23(29)31-22-13-18(25)21(28)12-19(22)26)9-10-20(14)27-16-7-5-15(6-8-16)24(2,3)4/h5-13H,1-4H3/p+1. The van der Waals surface area contributed by atoms with Gasteiger partial charge in [-0.25, -0.2) is 4.79 Å². The van der Waals surface area contributed by atoms with E-state index < -0.39 is 6.16 Å². The quantitative estimate of drug-likeness (QED) is 0.250. The smallest absolute Gasteiger partial charge is 0.507 e. The van der Waals surface area contributed by atoms with Crippen molar-refractivity contribution in [2.75, 3.05) is 0 Å². The van der Waals surface area contributed by atoms with Gasteiger partial charge in [-0.15, -0.1) is 0 Å². The SMILES string of the molecule is Cc1cc(OC(=O)Oc2cc(I)c(O)cc2I)ccc1[I+]c1ccc(C(C)(C)C)cc1. The minimum Gasteiger partial charge on any atom is -0.507 e. The lowest BCUT2D eigenvalue weighted by Gasteiger charge is -2.18. The predicted molar refractivity (Wildman–Crippen MR) is 134 cm³/mol. The van der Waals surface area contributed by atoms with Gasteiger partial charge in [0.05, 0.1) is 7.14 Å². The number of halogens is 3. The Labute approximate surface area is 220 Å². The van der Waals surface area contributed by atoms with Crippen molar-refractivity contribution in [3.63, 3.8) is 0 Å². The van der Waals surface area contributed by atoms with Crippen LogP contribution in [0.25, 0.3) is 0 Å². The minimum atomic E-state index is -0.806. The molecule has 3 aromatic rings. The summed E-state index contributed by atoms with van der Waals surface area (Å²) in [5.74, 6) is 0.945. The van der Waals surface area contributed by atoms with Gasteiger partial charge in [0, 0.05) is 5.56 Å². The average molecular weight is 755 g/mol. The molecule has 0 unspecified atom stereocenters. The lowest BCUT2D eigenvalue weighted by molar-refractivity contribution is -0.598. The van der Waals surface area contributed by atoms with E-state index in [4.69, 9.17) is 9.47 Å². The molecule has 0 saturated heterocycles. The van der Waals surface area contributed by atoms with Crippen LogP contribution in [0.5, 0.6) is 17.2 Å². The molecule has 31 heavy (non-hydrogen) atoms. The number of carbonyl (C=O) groups excluding carboxylic acids is 1. The first-order valence-corrected chi connectivity index (χ1v) is 13.8. The van der Waals surface area contributed by atoms with Crippen molar-refractivity contribution < 1.29 is 40.6 Å². The Morgan fingerprint density at radius 1 is 0.935 bits per heavy atom. The van der Waals surface area contributed by atoms with Crippen molar-refractivity contribution in [2.45, 2.75) is 33.1 Å². The summed E-state index contributed by atoms with van der Waals surface area (Å²) >= 11 is 3.65. The van der Waals surface area contributed by atoms with Crippen LogP contribution < -0.4 is 30.7 Å². The number of rotatable bonds is 4. The highest BCUT2D eigenvalue weighted by Crippen LogP contribution is 2.30. The Morgan fingerprint density at radius 2 is 1.61 bits per heavy atom. The normalized spacial score (nSPS) is 11.3. The highest BCUT2D eigenvalue weighted by atomic mass is 127. The Balaban J connectivity index is 1.66. The third-order valence-corrected chi connectivity index (χ3v) is 9.29. The molecule has 4 nitrogen and oxygen atoms in total. The van der Waals surface area contributed by atoms with Gasteiger partial charge in [0.2, 0.25) is 0 Å². The van der Waals surface area contributed by atoms with Crippen molar-refractivity contribution in [3.8, 4) is 17.2 Å². The van der Waals surface area contributed by atoms with Gasteiger partial charge in [0.15, 0.2) is 7.14 Å². The molecule has 0 aliphatic rings. The number of benzene rings is 3. The molecular formula is C24H22I3O4+. The molecule has 1 N–H and O–H groups in total. The lowest BCUT2D eigenvalue weighted by Crippen LogP contribution is -3.61. The average Bonchev–Trinajstić information content (AvgIpc) is 2.68. The van der Waals surface area contributed by atoms with E-state index in [1.54, 1.807) is 18.2 Å². The van der Waals surface area contributed by atoms with Crippen molar-refractivity contribution in [2.24, 2.45) is 0 Å². The van der Waals surface area contributed by atoms with E-state index in [1.165, 1.54) is 12.7 Å². The number of hydrogen-bond donors (Lipinski definition) is 1. The maximum atomic E-state index is 12.2. The molecule has 0 saturated carbocycles. The van der Waals surface area contributed by atoms with Crippen LogP contribution in [0.1, 0.15) is 31.9 Å². The summed E-state index contributed by atoms with van der Waals surface area (Å²) in [4.78, 5) is 12.2. The highest BCUT2D eigenvalue weighted by Gasteiger charge is 2.21. The molecule has 0 aliphatic carbocycles. The third kappa shape index (κ3) is 6.70. The number of hydrogen-bond acceptors (Lipinski definition) is 4. The zero-order valence-electron chi connectivity index (χ0n) is 17.5. The molecule has 7 heteroatoms. The molecular weight excluding hydrogens is 733 g/mol. The Morgan fingerprint density at radius 3 is 2.23 bits per heavy atom. The van der Waals surface area contributed by atoms with Gasteiger partial charge in [-0.1, -0.05) is 32.9 Å². The predicted octanol–water partition coefficient (Wildman–Crippen LogP) is 3.91. The highest BCUT2D eigenvalue weighted by molar-refractivity contribution is 14.1. The van der Waals surface area contributed by atoms with E-state index in [0.717, 1.165) is 5.56 Å². The van der Waals surface area contributed by atoms with Gasteiger partial charge in [-0.2, -0.15) is 0 Å². The number of aromatic hydroxyl groups is 1. The van der Waals surface area contributed by atoms with Gasteiger partial charge in [-0.3, -0.25) is 0 Å². The Hall–Kier alpha value is -1.08. The largest absolute Gasteiger partial charge is 0.519 e. The molecule has 162 valence electrons. The number of phenolic OH excluding ortho intramolecular Hbond substituents is 1. The van der Waals surface area contributed by atoms with Crippen LogP contribution >= 0.6 is 45.2 Å². The summed E-state index contributed by atoms with van der Waals surface area (Å²) in [7, 11) is 0. The molecule has 3 aromatic carbocycles. The van der Waals surface area contributed by atoms with Gasteiger partial charge in [0.1, 0.15) is 17.2 Å². The van der Waals surface area contributed by atoms with Crippen LogP contribution in [0.4, 0.5) is 4.79 Å². The fourth-order valence-corrected chi connectivity index (χ4v) is 6.05. The summed E-state index contributed by atoms with van der Waals surface area (Å²) in [5.41, 5.74) is 2.57. The van der Waals surface area contributed by atoms with E-state index in [-0.39, 0.29) is 32.4 Å². The van der Waals surface area contributed by atoms with E-state index in [1.807, 2.05) is 64.2 Å². The Kier molecular flexibility index (Phi) is 8.11. The summed E-state index contributed by atoms with van der Waals surface area (Å²) in [6, 6.07) is 17.7. The van der Waals surface area contributed by atoms with Gasteiger partial charge in [-0.05, 0) is 106 Å². The van der Waals surface area contributed by atoms with Crippen LogP contribution in [0.3, 0.4) is 0 Å². The van der Waals surface area contributed by atoms with Crippen LogP contribution in [-0.4, -0.2) is 11.3 Å². The first-order valence-electron chi connectivity index (χ1n) is 9.46. The second-order valence-electron chi connectivity index (χ2n) is 7.95. The molecule has 0 aliphatic heterocycles. The zero-order chi connectivity index (χ0) is 22.8. The first-order chi connectivity index (χ1) is 14.5. The molecule has 0 spiro atoms. The lowest BCUT2D eigenvalue weighted by atomic mass is 9.87. The van der Waals surface area contributed by atoms with Crippen molar-refractivity contribution in [3.05, 3.63) is 80.0 Å². The first kappa shape index (κ1) is 24.6. The number of carbonyl (C=O) groups is 1. The molecule has 0 radical (unpaired) electrons. The Bertz CT molecular complexity index is 1100. The van der Waals surface area contributed by atoms with Gasteiger partial charge >= 0.3 is 27.4 Å². The van der Waals surface area contributed by atoms with E-state index in [9.17, 15) is 9.90 Å². The van der Waals surface area contributed by atoms with Crippen LogP contribution in [0, 0.1) is 21.2 Å². The second-order valence-corrected chi connectivity index (χ2v) is 13.2. The summed E-state index contributed by atoms with van der Waals surface area (Å²) in [5, 5.41) is 9.72. The minimum absolute atomic E-state index is 0.147. The molecule has 3 rings (SSSR count). The summed E-state index contributed by atoms with van der Waals surface area (Å²) < 4.78 is 14.5. The fourth-order valence-electron chi connectivity index (χ4n) is 2.72. The summed E-state index contributed by atoms with van der Waals surface area (Å²) in [6.07, 6.45) is -0.806. The molecule has 0 amide bonds. The van der Waals surface area contributed by atoms with Crippen LogP contribution in [0.15, 0.2) is 54.6 Å². The number of ether oxygens (including phenoxy) is 2. The van der Waals surface area contributed by atoms with E-state index >= 15 is 0 Å². The van der Waals surface area contributed by atoms with Gasteiger partial charge < -0.3 is 14.6 Å². The molecule has 0 bridgehead atoms. The molecule has 0 atom stereocenters. The van der Waals surface area contributed by atoms with Crippen LogP contribution in [0.2, 0.25) is 0 Å². The maximum Gasteiger partial charge on any atom is 0.519 e. The number of phenols is 1.